The Hall–Kier alpha value is -2.74. The van der Waals surface area contributed by atoms with Gasteiger partial charge in [-0.2, -0.15) is 5.26 Å². The molecule has 1 amide bonds. The van der Waals surface area contributed by atoms with Crippen molar-refractivity contribution in [3.8, 4) is 6.07 Å². The Morgan fingerprint density at radius 1 is 1.40 bits per heavy atom. The highest BCUT2D eigenvalue weighted by atomic mass is 16.1. The zero-order chi connectivity index (χ0) is 14.4. The first-order chi connectivity index (χ1) is 9.69. The maximum Gasteiger partial charge on any atom is 0.253 e. The van der Waals surface area contributed by atoms with Crippen LogP contribution in [0.25, 0.3) is 0 Å². The fourth-order valence-electron chi connectivity index (χ4n) is 1.82. The van der Waals surface area contributed by atoms with E-state index in [0.717, 1.165) is 5.56 Å². The average Bonchev–Trinajstić information content (AvgIpc) is 2.48. The van der Waals surface area contributed by atoms with Crippen molar-refractivity contribution >= 4 is 5.91 Å². The Morgan fingerprint density at radius 3 is 2.85 bits per heavy atom. The number of pyridine rings is 2. The molecule has 2 rings (SSSR count). The standard InChI is InChI=1S/C15H14N4O/c1-11(7-12-3-2-6-17-9-12)19-15(20)13-4-5-14(8-16)18-10-13/h2-6,9-11H,7H2,1H3,(H,19,20). The van der Waals surface area contributed by atoms with Crippen LogP contribution in [0.5, 0.6) is 0 Å². The number of aromatic nitrogens is 2. The molecule has 0 aliphatic rings. The quantitative estimate of drug-likeness (QED) is 0.913. The van der Waals surface area contributed by atoms with E-state index in [1.54, 1.807) is 18.5 Å². The number of carbonyl (C=O) groups excluding carboxylic acids is 1. The lowest BCUT2D eigenvalue weighted by atomic mass is 10.1. The lowest BCUT2D eigenvalue weighted by Crippen LogP contribution is -2.34. The first-order valence-electron chi connectivity index (χ1n) is 6.25. The Labute approximate surface area is 117 Å². The van der Waals surface area contributed by atoms with Crippen LogP contribution in [-0.2, 0) is 6.42 Å². The third-order valence-corrected chi connectivity index (χ3v) is 2.78. The van der Waals surface area contributed by atoms with Gasteiger partial charge in [0.05, 0.1) is 5.56 Å². The molecule has 0 spiro atoms. The number of hydrogen-bond acceptors (Lipinski definition) is 4. The molecule has 0 aliphatic carbocycles. The molecule has 0 saturated carbocycles. The second-order valence-corrected chi connectivity index (χ2v) is 4.48. The van der Waals surface area contributed by atoms with Crippen LogP contribution in [-0.4, -0.2) is 21.9 Å². The molecule has 1 atom stereocenters. The molecule has 0 fully saturated rings. The van der Waals surface area contributed by atoms with Crippen LogP contribution in [0.2, 0.25) is 0 Å². The number of nitrogens with one attached hydrogen (secondary N) is 1. The van der Waals surface area contributed by atoms with Crippen molar-refractivity contribution in [1.82, 2.24) is 15.3 Å². The molecule has 1 N–H and O–H groups in total. The minimum atomic E-state index is -0.196. The van der Waals surface area contributed by atoms with Gasteiger partial charge in [-0.1, -0.05) is 6.07 Å². The first-order valence-corrected chi connectivity index (χ1v) is 6.25. The molecular formula is C15H14N4O. The number of amides is 1. The van der Waals surface area contributed by atoms with E-state index >= 15 is 0 Å². The fourth-order valence-corrected chi connectivity index (χ4v) is 1.82. The first kappa shape index (κ1) is 13.7. The summed E-state index contributed by atoms with van der Waals surface area (Å²) in [6, 6.07) is 8.87. The molecule has 100 valence electrons. The number of hydrogen-bond donors (Lipinski definition) is 1. The highest BCUT2D eigenvalue weighted by molar-refractivity contribution is 5.94. The molecule has 2 heterocycles. The van der Waals surface area contributed by atoms with Gasteiger partial charge < -0.3 is 5.32 Å². The smallest absolute Gasteiger partial charge is 0.253 e. The van der Waals surface area contributed by atoms with E-state index in [2.05, 4.69) is 15.3 Å². The van der Waals surface area contributed by atoms with E-state index in [0.29, 0.717) is 17.7 Å². The van der Waals surface area contributed by atoms with Gasteiger partial charge in [0.2, 0.25) is 0 Å². The molecule has 0 aromatic carbocycles. The summed E-state index contributed by atoms with van der Waals surface area (Å²) in [4.78, 5) is 19.9. The molecule has 5 nitrogen and oxygen atoms in total. The topological polar surface area (TPSA) is 78.7 Å². The molecule has 2 aromatic rings. The van der Waals surface area contributed by atoms with Crippen molar-refractivity contribution in [2.24, 2.45) is 0 Å². The largest absolute Gasteiger partial charge is 0.349 e. The van der Waals surface area contributed by atoms with Crippen LogP contribution >= 0.6 is 0 Å². The van der Waals surface area contributed by atoms with Gasteiger partial charge in [0.1, 0.15) is 11.8 Å². The van der Waals surface area contributed by atoms with Gasteiger partial charge in [-0.05, 0) is 37.1 Å². The molecule has 2 aromatic heterocycles. The summed E-state index contributed by atoms with van der Waals surface area (Å²) in [7, 11) is 0. The number of rotatable bonds is 4. The average molecular weight is 266 g/mol. The van der Waals surface area contributed by atoms with E-state index in [9.17, 15) is 4.79 Å². The van der Waals surface area contributed by atoms with Gasteiger partial charge in [-0.25, -0.2) is 4.98 Å². The normalized spacial score (nSPS) is 11.4. The third-order valence-electron chi connectivity index (χ3n) is 2.78. The van der Waals surface area contributed by atoms with E-state index in [1.807, 2.05) is 25.1 Å². The maximum absolute atomic E-state index is 12.0. The van der Waals surface area contributed by atoms with Crippen LogP contribution in [0.3, 0.4) is 0 Å². The van der Waals surface area contributed by atoms with Crippen molar-refractivity contribution in [2.75, 3.05) is 0 Å². The van der Waals surface area contributed by atoms with E-state index < -0.39 is 0 Å². The number of carbonyl (C=O) groups is 1. The number of nitrogens with zero attached hydrogens (tertiary/aromatic N) is 3. The van der Waals surface area contributed by atoms with Gasteiger partial charge in [0, 0.05) is 24.6 Å². The van der Waals surface area contributed by atoms with Crippen molar-refractivity contribution in [3.05, 3.63) is 59.7 Å². The summed E-state index contributed by atoms with van der Waals surface area (Å²) in [6.07, 6.45) is 5.62. The molecule has 0 radical (unpaired) electrons. The van der Waals surface area contributed by atoms with Crippen LogP contribution < -0.4 is 5.32 Å². The monoisotopic (exact) mass is 266 g/mol. The lowest BCUT2D eigenvalue weighted by molar-refractivity contribution is 0.0939. The van der Waals surface area contributed by atoms with Crippen LogP contribution in [0.4, 0.5) is 0 Å². The summed E-state index contributed by atoms with van der Waals surface area (Å²) in [5.41, 5.74) is 1.81. The zero-order valence-corrected chi connectivity index (χ0v) is 11.1. The van der Waals surface area contributed by atoms with Crippen molar-refractivity contribution in [2.45, 2.75) is 19.4 Å². The molecule has 0 bridgehead atoms. The summed E-state index contributed by atoms with van der Waals surface area (Å²) in [6.45, 7) is 1.93. The predicted octanol–water partition coefficient (Wildman–Crippen LogP) is 1.71. The van der Waals surface area contributed by atoms with Gasteiger partial charge in [-0.3, -0.25) is 9.78 Å². The lowest BCUT2D eigenvalue weighted by Gasteiger charge is -2.13. The molecule has 5 heteroatoms. The highest BCUT2D eigenvalue weighted by Crippen LogP contribution is 2.03. The summed E-state index contributed by atoms with van der Waals surface area (Å²) < 4.78 is 0. The van der Waals surface area contributed by atoms with Gasteiger partial charge >= 0.3 is 0 Å². The Balaban J connectivity index is 1.95. The van der Waals surface area contributed by atoms with E-state index in [4.69, 9.17) is 5.26 Å². The Morgan fingerprint density at radius 2 is 2.25 bits per heavy atom. The maximum atomic E-state index is 12.0. The van der Waals surface area contributed by atoms with Gasteiger partial charge in [0.25, 0.3) is 5.91 Å². The van der Waals surface area contributed by atoms with Crippen LogP contribution in [0.15, 0.2) is 42.9 Å². The SMILES string of the molecule is CC(Cc1cccnc1)NC(=O)c1ccc(C#N)nc1. The summed E-state index contributed by atoms with van der Waals surface area (Å²) in [5, 5.41) is 11.6. The number of nitriles is 1. The summed E-state index contributed by atoms with van der Waals surface area (Å²) in [5.74, 6) is -0.196. The minimum Gasteiger partial charge on any atom is -0.349 e. The van der Waals surface area contributed by atoms with Crippen molar-refractivity contribution in [1.29, 1.82) is 5.26 Å². The van der Waals surface area contributed by atoms with Crippen LogP contribution in [0.1, 0.15) is 28.5 Å². The van der Waals surface area contributed by atoms with Gasteiger partial charge in [-0.15, -0.1) is 0 Å². The van der Waals surface area contributed by atoms with E-state index in [-0.39, 0.29) is 11.9 Å². The Bertz CT molecular complexity index is 617. The summed E-state index contributed by atoms with van der Waals surface area (Å²) >= 11 is 0. The molecule has 20 heavy (non-hydrogen) atoms. The molecule has 0 saturated heterocycles. The highest BCUT2D eigenvalue weighted by Gasteiger charge is 2.10. The molecule has 1 unspecified atom stereocenters. The molecule has 0 aliphatic heterocycles. The second-order valence-electron chi connectivity index (χ2n) is 4.48. The van der Waals surface area contributed by atoms with Crippen molar-refractivity contribution in [3.63, 3.8) is 0 Å². The third kappa shape index (κ3) is 3.62. The fraction of sp³-hybridized carbons (Fsp3) is 0.200. The van der Waals surface area contributed by atoms with E-state index in [1.165, 1.54) is 12.3 Å². The second kappa shape index (κ2) is 6.43. The minimum absolute atomic E-state index is 0.0117. The molecular weight excluding hydrogens is 252 g/mol. The van der Waals surface area contributed by atoms with Gasteiger partial charge in [0.15, 0.2) is 0 Å². The zero-order valence-electron chi connectivity index (χ0n) is 11.1. The predicted molar refractivity (Wildman–Crippen MR) is 73.8 cm³/mol. The van der Waals surface area contributed by atoms with Crippen molar-refractivity contribution < 1.29 is 4.79 Å². The Kier molecular flexibility index (Phi) is 4.40. The van der Waals surface area contributed by atoms with Crippen LogP contribution in [0, 0.1) is 11.3 Å².